The molecule has 0 fully saturated rings. The van der Waals surface area contributed by atoms with Gasteiger partial charge in [0.1, 0.15) is 0 Å². The minimum atomic E-state index is -0.247. The van der Waals surface area contributed by atoms with Crippen molar-refractivity contribution in [3.05, 3.63) is 0 Å². The van der Waals surface area contributed by atoms with Gasteiger partial charge in [-0.2, -0.15) is 0 Å². The van der Waals surface area contributed by atoms with Crippen molar-refractivity contribution < 1.29 is 17.0 Å². The van der Waals surface area contributed by atoms with Gasteiger partial charge in [0.25, 0.3) is 0 Å². The maximum Gasteiger partial charge on any atom is 0.0727 e. The topological polar surface area (TPSA) is 0 Å². The van der Waals surface area contributed by atoms with E-state index in [1.807, 2.05) is 6.92 Å². The van der Waals surface area contributed by atoms with Crippen LogP contribution in [-0.4, -0.2) is 13.3 Å². The van der Waals surface area contributed by atoms with Crippen molar-refractivity contribution >= 4 is 7.92 Å². The van der Waals surface area contributed by atoms with Gasteiger partial charge in [0.2, 0.25) is 0 Å². The van der Waals surface area contributed by atoms with E-state index in [4.69, 9.17) is 0 Å². The van der Waals surface area contributed by atoms with Crippen LogP contribution in [0.15, 0.2) is 0 Å². The molecule has 0 rings (SSSR count). The monoisotopic (exact) mass is 180 g/mol. The normalized spacial score (nSPS) is 6.29. The Morgan fingerprint density at radius 3 is 1.71 bits per heavy atom. The minimum Gasteiger partial charge on any atom is -1.00 e. The van der Waals surface area contributed by atoms with Gasteiger partial charge in [-0.3, -0.25) is 0 Å². The molecule has 0 saturated heterocycles. The molecule has 0 aromatic rings. The highest BCUT2D eigenvalue weighted by Crippen LogP contribution is 2.20. The average Bonchev–Trinajstić information content (AvgIpc) is 1.35. The Kier molecular flexibility index (Phi) is 9.66. The number of hydrogen-bond acceptors (Lipinski definition) is 0. The second kappa shape index (κ2) is 6.47. The summed E-state index contributed by atoms with van der Waals surface area (Å²) in [5, 5.41) is 0. The van der Waals surface area contributed by atoms with Crippen LogP contribution in [0.3, 0.4) is 0 Å². The van der Waals surface area contributed by atoms with Crippen LogP contribution in [0.5, 0.6) is 0 Å². The van der Waals surface area contributed by atoms with Crippen LogP contribution in [0.4, 0.5) is 0 Å². The first-order chi connectivity index (χ1) is 2.77. The summed E-state index contributed by atoms with van der Waals surface area (Å²) in [4.78, 5) is 0. The molecule has 0 aromatic carbocycles. The van der Waals surface area contributed by atoms with Crippen molar-refractivity contribution in [1.82, 2.24) is 0 Å². The van der Waals surface area contributed by atoms with Gasteiger partial charge in [0.15, 0.2) is 0 Å². The first-order valence-electron chi connectivity index (χ1n) is 2.00. The molecule has 7 heavy (non-hydrogen) atoms. The predicted molar refractivity (Wildman–Crippen MR) is 33.6 cm³/mol. The van der Waals surface area contributed by atoms with Crippen LogP contribution in [0.1, 0.15) is 6.92 Å². The zero-order chi connectivity index (χ0) is 4.99. The van der Waals surface area contributed by atoms with Crippen LogP contribution < -0.4 is 17.0 Å². The first kappa shape index (κ1) is 10.5. The molecule has 0 amide bonds. The van der Waals surface area contributed by atoms with E-state index < -0.39 is 0 Å². The van der Waals surface area contributed by atoms with Crippen LogP contribution in [0, 0.1) is 11.6 Å². The summed E-state index contributed by atoms with van der Waals surface area (Å²) >= 11 is 0. The molecule has 0 heterocycles. The van der Waals surface area contributed by atoms with Gasteiger partial charge in [-0.1, -0.05) is 5.92 Å². The van der Waals surface area contributed by atoms with Gasteiger partial charge in [-0.15, -0.1) is 0 Å². The molecule has 0 unspecified atom stereocenters. The summed E-state index contributed by atoms with van der Waals surface area (Å²) in [6.45, 7) is 6.25. The van der Waals surface area contributed by atoms with E-state index >= 15 is 0 Å². The van der Waals surface area contributed by atoms with Crippen molar-refractivity contribution in [2.75, 3.05) is 13.3 Å². The first-order valence-corrected chi connectivity index (χ1v) is 4.50. The molecule has 0 atom stereocenters. The van der Waals surface area contributed by atoms with E-state index in [-0.39, 0.29) is 24.9 Å². The third kappa shape index (κ3) is 10.7. The fourth-order valence-corrected chi connectivity index (χ4v) is 0.750. The highest BCUT2D eigenvalue weighted by molar-refractivity contribution is 7.61. The van der Waals surface area contributed by atoms with Crippen molar-refractivity contribution in [2.45, 2.75) is 6.92 Å². The Morgan fingerprint density at radius 2 is 1.71 bits per heavy atom. The standard InChI is InChI=1S/C5H9P.BrH/c1-4-5-6(2)3;/h1-3H3;1H. The summed E-state index contributed by atoms with van der Waals surface area (Å²) in [6.07, 6.45) is 0. The molecule has 42 valence electrons. The van der Waals surface area contributed by atoms with Gasteiger partial charge in [0.05, 0.1) is 26.9 Å². The van der Waals surface area contributed by atoms with Crippen molar-refractivity contribution in [3.63, 3.8) is 0 Å². The Bertz CT molecular complexity index is 77.8. The quantitative estimate of drug-likeness (QED) is 0.313. The van der Waals surface area contributed by atoms with Crippen LogP contribution >= 0.6 is 7.92 Å². The minimum absolute atomic E-state index is 0. The summed E-state index contributed by atoms with van der Waals surface area (Å²) in [7, 11) is -0.247. The lowest BCUT2D eigenvalue weighted by Gasteiger charge is -1.72. The summed E-state index contributed by atoms with van der Waals surface area (Å²) in [6, 6.07) is 0. The molecule has 0 nitrogen and oxygen atoms in total. The van der Waals surface area contributed by atoms with E-state index in [0.29, 0.717) is 0 Å². The molecule has 0 N–H and O–H groups in total. The lowest BCUT2D eigenvalue weighted by Crippen LogP contribution is -3.00. The van der Waals surface area contributed by atoms with Crippen molar-refractivity contribution in [2.24, 2.45) is 0 Å². The molecule has 0 aliphatic heterocycles. The Labute approximate surface area is 57.2 Å². The molecule has 0 aliphatic rings. The smallest absolute Gasteiger partial charge is 0.0727 e. The third-order valence-electron chi connectivity index (χ3n) is 0.375. The molecule has 0 saturated carbocycles. The van der Waals surface area contributed by atoms with Gasteiger partial charge in [-0.25, -0.2) is 0 Å². The highest BCUT2D eigenvalue weighted by atomic mass is 79.9. The van der Waals surface area contributed by atoms with E-state index in [0.717, 1.165) is 0 Å². The van der Waals surface area contributed by atoms with Crippen molar-refractivity contribution in [1.29, 1.82) is 0 Å². The van der Waals surface area contributed by atoms with Crippen LogP contribution in [-0.2, 0) is 0 Å². The van der Waals surface area contributed by atoms with Gasteiger partial charge in [0, 0.05) is 6.92 Å². The lowest BCUT2D eigenvalue weighted by molar-refractivity contribution is -0.00000144. The lowest BCUT2D eigenvalue weighted by atomic mass is 10.8. The predicted octanol–water partition coefficient (Wildman–Crippen LogP) is -1.55. The van der Waals surface area contributed by atoms with Gasteiger partial charge in [-0.05, 0) is 0 Å². The number of halogens is 1. The van der Waals surface area contributed by atoms with Crippen LogP contribution in [0.2, 0.25) is 0 Å². The van der Waals surface area contributed by atoms with Gasteiger partial charge < -0.3 is 17.0 Å². The Morgan fingerprint density at radius 1 is 1.29 bits per heavy atom. The maximum atomic E-state index is 3.06. The van der Waals surface area contributed by atoms with Crippen LogP contribution in [0.25, 0.3) is 0 Å². The van der Waals surface area contributed by atoms with Crippen molar-refractivity contribution in [3.8, 4) is 11.6 Å². The summed E-state index contributed by atoms with van der Waals surface area (Å²) in [5.41, 5.74) is 3.06. The fourth-order valence-electron chi connectivity index (χ4n) is 0.250. The number of hydrogen-bond donors (Lipinski definition) is 0. The van der Waals surface area contributed by atoms with E-state index in [9.17, 15) is 0 Å². The van der Waals surface area contributed by atoms with E-state index in [1.54, 1.807) is 0 Å². The Hall–Kier alpha value is 0.470. The highest BCUT2D eigenvalue weighted by Gasteiger charge is 1.85. The molecule has 0 radical (unpaired) electrons. The molecule has 0 bridgehead atoms. The molecule has 0 aromatic heterocycles. The zero-order valence-corrected chi connectivity index (χ0v) is 7.46. The molecular weight excluding hydrogens is 171 g/mol. The average molecular weight is 181 g/mol. The summed E-state index contributed by atoms with van der Waals surface area (Å²) < 4.78 is 0. The second-order valence-electron chi connectivity index (χ2n) is 1.38. The largest absolute Gasteiger partial charge is 1.00 e. The summed E-state index contributed by atoms with van der Waals surface area (Å²) in [5.74, 6) is 2.86. The zero-order valence-electron chi connectivity index (χ0n) is 4.88. The Balaban J connectivity index is 0. The molecule has 0 spiro atoms. The van der Waals surface area contributed by atoms with Gasteiger partial charge >= 0.3 is 0 Å². The fraction of sp³-hybridized carbons (Fsp3) is 0.600. The van der Waals surface area contributed by atoms with E-state index in [1.165, 1.54) is 0 Å². The third-order valence-corrected chi connectivity index (χ3v) is 1.12. The maximum absolute atomic E-state index is 3.06. The van der Waals surface area contributed by atoms with E-state index in [2.05, 4.69) is 24.9 Å². The SMILES string of the molecule is CC#C[PH+](C)C.[Br-]. The number of rotatable bonds is 0. The molecule has 0 aliphatic carbocycles. The molecule has 2 heteroatoms. The molecular formula is C5H10BrP. The second-order valence-corrected chi connectivity index (χ2v) is 3.62.